The Hall–Kier alpha value is -2.70. The highest BCUT2D eigenvalue weighted by Gasteiger charge is 2.27. The van der Waals surface area contributed by atoms with Gasteiger partial charge in [-0.25, -0.2) is 18.4 Å². The number of nitrogens with zero attached hydrogens (tertiary/aromatic N) is 5. The Kier molecular flexibility index (Phi) is 3.16. The molecule has 3 aromatic rings. The summed E-state index contributed by atoms with van der Waals surface area (Å²) >= 11 is 0. The van der Waals surface area contributed by atoms with Crippen LogP contribution < -0.4 is 9.80 Å². The number of hydrogen-bond acceptors (Lipinski definition) is 4. The summed E-state index contributed by atoms with van der Waals surface area (Å²) < 4.78 is 28.9. The fourth-order valence-corrected chi connectivity index (χ4v) is 3.28. The third-order valence-corrected chi connectivity index (χ3v) is 4.94. The van der Waals surface area contributed by atoms with Gasteiger partial charge in [0.05, 0.1) is 25.0 Å². The average Bonchev–Trinajstić information content (AvgIpc) is 2.94. The topological polar surface area (TPSA) is 37.2 Å². The number of anilines is 2. The van der Waals surface area contributed by atoms with Crippen LogP contribution in [0, 0.1) is 5.82 Å². The fourth-order valence-electron chi connectivity index (χ4n) is 3.28. The molecule has 0 unspecified atom stereocenters. The minimum absolute atomic E-state index is 0.319. The molecule has 7 heteroatoms. The Morgan fingerprint density at radius 1 is 1.04 bits per heavy atom. The summed E-state index contributed by atoms with van der Waals surface area (Å²) in [5.74, 6) is -0.319. The highest BCUT2D eigenvalue weighted by atomic mass is 19.1. The predicted octanol–water partition coefficient (Wildman–Crippen LogP) is 2.93. The summed E-state index contributed by atoms with van der Waals surface area (Å²) in [6, 6.07) is 7.03. The highest BCUT2D eigenvalue weighted by molar-refractivity contribution is 5.79. The molecule has 0 aliphatic carbocycles. The van der Waals surface area contributed by atoms with Crippen LogP contribution in [-0.4, -0.2) is 47.1 Å². The number of hydrogen-bond donors (Lipinski definition) is 0. The maximum Gasteiger partial charge on any atom is 0.181 e. The van der Waals surface area contributed by atoms with E-state index in [0.717, 1.165) is 29.9 Å². The van der Waals surface area contributed by atoms with E-state index in [2.05, 4.69) is 15.0 Å². The maximum absolute atomic E-state index is 14.3. The second-order valence-electron chi connectivity index (χ2n) is 6.66. The zero-order chi connectivity index (χ0) is 17.0. The standard InChI is InChI=1S/C18H17F2N5/c19-13-10-24(11-13)15-6-12-9-25(22-18(12)21-8-15)17-7-14(2-3-16(17)20)23-4-1-5-23/h2-3,6-9,13H,1,4-5,10-11H2. The van der Waals surface area contributed by atoms with Crippen molar-refractivity contribution in [1.82, 2.24) is 14.8 Å². The first-order valence-electron chi connectivity index (χ1n) is 8.47. The van der Waals surface area contributed by atoms with Gasteiger partial charge in [-0.2, -0.15) is 0 Å². The van der Waals surface area contributed by atoms with E-state index in [1.807, 2.05) is 17.0 Å². The largest absolute Gasteiger partial charge is 0.371 e. The Bertz CT molecular complexity index is 944. The molecule has 0 atom stereocenters. The number of halogens is 2. The average molecular weight is 341 g/mol. The molecule has 5 rings (SSSR count). The van der Waals surface area contributed by atoms with Gasteiger partial charge in [-0.1, -0.05) is 0 Å². The van der Waals surface area contributed by atoms with Crippen LogP contribution in [0.25, 0.3) is 16.7 Å². The highest BCUT2D eigenvalue weighted by Crippen LogP contribution is 2.28. The van der Waals surface area contributed by atoms with Gasteiger partial charge < -0.3 is 9.80 Å². The molecular weight excluding hydrogens is 324 g/mol. The molecule has 2 saturated heterocycles. The van der Waals surface area contributed by atoms with Crippen molar-refractivity contribution in [2.24, 2.45) is 0 Å². The number of rotatable bonds is 3. The lowest BCUT2D eigenvalue weighted by Gasteiger charge is -2.36. The maximum atomic E-state index is 14.3. The summed E-state index contributed by atoms with van der Waals surface area (Å²) in [5, 5.41) is 5.22. The van der Waals surface area contributed by atoms with E-state index in [9.17, 15) is 8.78 Å². The zero-order valence-electron chi connectivity index (χ0n) is 13.6. The van der Waals surface area contributed by atoms with Crippen molar-refractivity contribution in [3.8, 4) is 5.69 Å². The quantitative estimate of drug-likeness (QED) is 0.734. The molecule has 2 aliphatic rings. The van der Waals surface area contributed by atoms with Crippen molar-refractivity contribution in [2.45, 2.75) is 12.6 Å². The second-order valence-corrected chi connectivity index (χ2v) is 6.66. The van der Waals surface area contributed by atoms with Crippen LogP contribution in [0.2, 0.25) is 0 Å². The molecule has 5 nitrogen and oxygen atoms in total. The summed E-state index contributed by atoms with van der Waals surface area (Å²) in [7, 11) is 0. The third kappa shape index (κ3) is 2.42. The molecule has 4 heterocycles. The molecule has 0 amide bonds. The molecule has 0 radical (unpaired) electrons. The van der Waals surface area contributed by atoms with Gasteiger partial charge in [0, 0.05) is 30.4 Å². The van der Waals surface area contributed by atoms with Gasteiger partial charge in [0.25, 0.3) is 0 Å². The van der Waals surface area contributed by atoms with E-state index in [4.69, 9.17) is 0 Å². The lowest BCUT2D eigenvalue weighted by atomic mass is 10.1. The molecular formula is C18H17F2N5. The van der Waals surface area contributed by atoms with Crippen molar-refractivity contribution in [2.75, 3.05) is 36.0 Å². The predicted molar refractivity (Wildman–Crippen MR) is 92.8 cm³/mol. The Morgan fingerprint density at radius 3 is 2.60 bits per heavy atom. The summed E-state index contributed by atoms with van der Waals surface area (Å²) in [5.41, 5.74) is 2.84. The van der Waals surface area contributed by atoms with Gasteiger partial charge >= 0.3 is 0 Å². The van der Waals surface area contributed by atoms with E-state index in [1.165, 1.54) is 17.2 Å². The van der Waals surface area contributed by atoms with Crippen molar-refractivity contribution < 1.29 is 8.78 Å². The molecule has 25 heavy (non-hydrogen) atoms. The molecule has 2 aromatic heterocycles. The first-order valence-corrected chi connectivity index (χ1v) is 8.47. The van der Waals surface area contributed by atoms with Crippen LogP contribution in [-0.2, 0) is 0 Å². The SMILES string of the molecule is Fc1ccc(N2CCC2)cc1-n1cc2cc(N3CC(F)C3)cnc2n1. The number of aromatic nitrogens is 3. The van der Waals surface area contributed by atoms with Crippen LogP contribution in [0.15, 0.2) is 36.7 Å². The van der Waals surface area contributed by atoms with Crippen LogP contribution >= 0.6 is 0 Å². The van der Waals surface area contributed by atoms with Crippen molar-refractivity contribution in [3.63, 3.8) is 0 Å². The van der Waals surface area contributed by atoms with Crippen LogP contribution in [0.4, 0.5) is 20.2 Å². The second kappa shape index (κ2) is 5.40. The fraction of sp³-hybridized carbons (Fsp3) is 0.333. The minimum Gasteiger partial charge on any atom is -0.371 e. The number of fused-ring (bicyclic) bond motifs is 1. The van der Waals surface area contributed by atoms with E-state index < -0.39 is 6.17 Å². The third-order valence-electron chi connectivity index (χ3n) is 4.94. The zero-order valence-corrected chi connectivity index (χ0v) is 13.6. The Morgan fingerprint density at radius 2 is 1.88 bits per heavy atom. The molecule has 0 bridgehead atoms. The molecule has 2 fully saturated rings. The minimum atomic E-state index is -0.767. The number of pyridine rings is 1. The van der Waals surface area contributed by atoms with Gasteiger partial charge in [0.1, 0.15) is 17.7 Å². The summed E-state index contributed by atoms with van der Waals surface area (Å²) in [6.45, 7) is 2.80. The number of benzene rings is 1. The van der Waals surface area contributed by atoms with Crippen molar-refractivity contribution in [1.29, 1.82) is 0 Å². The van der Waals surface area contributed by atoms with Crippen molar-refractivity contribution in [3.05, 3.63) is 42.5 Å². The van der Waals surface area contributed by atoms with E-state index in [-0.39, 0.29) is 5.82 Å². The first-order chi connectivity index (χ1) is 12.2. The van der Waals surface area contributed by atoms with Gasteiger partial charge in [0.2, 0.25) is 0 Å². The first kappa shape index (κ1) is 14.6. The Balaban J connectivity index is 1.52. The monoisotopic (exact) mass is 341 g/mol. The molecule has 0 saturated carbocycles. The van der Waals surface area contributed by atoms with E-state index in [0.29, 0.717) is 24.4 Å². The van der Waals surface area contributed by atoms with Gasteiger partial charge in [-0.15, -0.1) is 5.10 Å². The van der Waals surface area contributed by atoms with Gasteiger partial charge in [-0.3, -0.25) is 0 Å². The lowest BCUT2D eigenvalue weighted by Crippen LogP contribution is -2.48. The molecule has 1 aromatic carbocycles. The van der Waals surface area contributed by atoms with Crippen LogP contribution in [0.1, 0.15) is 6.42 Å². The molecule has 2 aliphatic heterocycles. The molecule has 0 spiro atoms. The van der Waals surface area contributed by atoms with Crippen molar-refractivity contribution >= 4 is 22.4 Å². The summed E-state index contributed by atoms with van der Waals surface area (Å²) in [4.78, 5) is 8.48. The lowest BCUT2D eigenvalue weighted by molar-refractivity contribution is 0.275. The molecule has 128 valence electrons. The van der Waals surface area contributed by atoms with E-state index >= 15 is 0 Å². The normalized spacial score (nSPS) is 17.7. The van der Waals surface area contributed by atoms with Crippen LogP contribution in [0.5, 0.6) is 0 Å². The summed E-state index contributed by atoms with van der Waals surface area (Å²) in [6.07, 6.45) is 3.87. The smallest absolute Gasteiger partial charge is 0.181 e. The van der Waals surface area contributed by atoms with E-state index in [1.54, 1.807) is 18.5 Å². The van der Waals surface area contributed by atoms with Gasteiger partial charge in [-0.05, 0) is 30.7 Å². The Labute approximate surface area is 143 Å². The van der Waals surface area contributed by atoms with Crippen LogP contribution in [0.3, 0.4) is 0 Å². The van der Waals surface area contributed by atoms with Gasteiger partial charge in [0.15, 0.2) is 5.65 Å². The molecule has 0 N–H and O–H groups in total. The number of alkyl halides is 1.